The number of hydrogen-bond acceptors (Lipinski definition) is 4. The zero-order valence-electron chi connectivity index (χ0n) is 16.9. The number of rotatable bonds is 9. The maximum absolute atomic E-state index is 13.5. The van der Waals surface area contributed by atoms with Gasteiger partial charge in [0.25, 0.3) is 0 Å². The number of nitrogens with one attached hydrogen (secondary N) is 1. The third-order valence-corrected chi connectivity index (χ3v) is 7.10. The third-order valence-electron chi connectivity index (χ3n) is 4.95. The van der Waals surface area contributed by atoms with Gasteiger partial charge in [0.1, 0.15) is 5.82 Å². The van der Waals surface area contributed by atoms with Gasteiger partial charge in [0.15, 0.2) is 0 Å². The highest BCUT2D eigenvalue weighted by molar-refractivity contribution is 7.89. The standard InChI is InChI=1S/C21H25ClFN3O3S/c1-25(2)30(28,29)18-8-9-19(22)20(13-18)24-21(27)10-11-26(17-6-7-17)14-15-4-3-5-16(23)12-15/h3-5,8-9,12-13,17H,6-7,10-11,14H2,1-2H3,(H,24,27). The summed E-state index contributed by atoms with van der Waals surface area (Å²) in [5.41, 5.74) is 1.12. The van der Waals surface area contributed by atoms with Gasteiger partial charge in [0.2, 0.25) is 15.9 Å². The van der Waals surface area contributed by atoms with Crippen molar-refractivity contribution in [2.45, 2.75) is 36.7 Å². The lowest BCUT2D eigenvalue weighted by atomic mass is 10.2. The number of carbonyl (C=O) groups excluding carboxylic acids is 1. The summed E-state index contributed by atoms with van der Waals surface area (Å²) in [5.74, 6) is -0.538. The molecule has 0 radical (unpaired) electrons. The van der Waals surface area contributed by atoms with Crippen LogP contribution in [-0.4, -0.2) is 50.2 Å². The maximum Gasteiger partial charge on any atom is 0.242 e. The van der Waals surface area contributed by atoms with Crippen molar-refractivity contribution >= 4 is 33.2 Å². The average Bonchev–Trinajstić information content (AvgIpc) is 3.52. The molecule has 1 aliphatic carbocycles. The number of amides is 1. The molecule has 2 aromatic rings. The molecule has 0 saturated heterocycles. The van der Waals surface area contributed by atoms with Gasteiger partial charge in [-0.1, -0.05) is 23.7 Å². The van der Waals surface area contributed by atoms with E-state index >= 15 is 0 Å². The van der Waals surface area contributed by atoms with Crippen LogP contribution >= 0.6 is 11.6 Å². The van der Waals surface area contributed by atoms with Gasteiger partial charge in [0, 0.05) is 39.6 Å². The van der Waals surface area contributed by atoms with Crippen molar-refractivity contribution in [2.75, 3.05) is 26.0 Å². The van der Waals surface area contributed by atoms with Gasteiger partial charge in [-0.05, 0) is 48.7 Å². The van der Waals surface area contributed by atoms with Crippen LogP contribution in [0, 0.1) is 5.82 Å². The number of hydrogen-bond donors (Lipinski definition) is 1. The molecule has 30 heavy (non-hydrogen) atoms. The number of nitrogens with zero attached hydrogens (tertiary/aromatic N) is 2. The van der Waals surface area contributed by atoms with Crippen molar-refractivity contribution in [3.63, 3.8) is 0 Å². The lowest BCUT2D eigenvalue weighted by molar-refractivity contribution is -0.116. The first-order valence-electron chi connectivity index (χ1n) is 9.67. The normalized spacial score (nSPS) is 14.3. The van der Waals surface area contributed by atoms with E-state index in [2.05, 4.69) is 10.2 Å². The van der Waals surface area contributed by atoms with Crippen LogP contribution in [0.3, 0.4) is 0 Å². The Hall–Kier alpha value is -2.00. The highest BCUT2D eigenvalue weighted by atomic mass is 35.5. The summed E-state index contributed by atoms with van der Waals surface area (Å²) in [6.07, 6.45) is 2.34. The lowest BCUT2D eigenvalue weighted by Gasteiger charge is -2.22. The first kappa shape index (κ1) is 22.7. The molecule has 9 heteroatoms. The fourth-order valence-corrected chi connectivity index (χ4v) is 4.22. The SMILES string of the molecule is CN(C)S(=O)(=O)c1ccc(Cl)c(NC(=O)CCN(Cc2cccc(F)c2)C2CC2)c1. The minimum atomic E-state index is -3.63. The Morgan fingerprint density at radius 3 is 2.57 bits per heavy atom. The van der Waals surface area contributed by atoms with Gasteiger partial charge in [-0.15, -0.1) is 0 Å². The molecule has 1 fully saturated rings. The van der Waals surface area contributed by atoms with E-state index in [-0.39, 0.29) is 33.8 Å². The predicted octanol–water partition coefficient (Wildman–Crippen LogP) is 3.72. The van der Waals surface area contributed by atoms with Crippen LogP contribution in [0.5, 0.6) is 0 Å². The average molecular weight is 454 g/mol. The minimum Gasteiger partial charge on any atom is -0.325 e. The Kier molecular flexibility index (Phi) is 7.13. The Balaban J connectivity index is 1.63. The molecule has 2 aromatic carbocycles. The number of benzene rings is 2. The molecule has 1 N–H and O–H groups in total. The Labute approximate surface area is 181 Å². The molecule has 1 aliphatic rings. The van der Waals surface area contributed by atoms with E-state index < -0.39 is 10.0 Å². The monoisotopic (exact) mass is 453 g/mol. The number of sulfonamides is 1. The van der Waals surface area contributed by atoms with Gasteiger partial charge < -0.3 is 5.32 Å². The molecule has 1 amide bonds. The smallest absolute Gasteiger partial charge is 0.242 e. The molecule has 0 aromatic heterocycles. The van der Waals surface area contributed by atoms with Crippen LogP contribution in [0.1, 0.15) is 24.8 Å². The minimum absolute atomic E-state index is 0.0536. The van der Waals surface area contributed by atoms with Crippen molar-refractivity contribution in [3.05, 3.63) is 58.9 Å². The highest BCUT2D eigenvalue weighted by Gasteiger charge is 2.29. The largest absolute Gasteiger partial charge is 0.325 e. The molecule has 0 unspecified atom stereocenters. The van der Waals surface area contributed by atoms with Gasteiger partial charge in [-0.2, -0.15) is 0 Å². The quantitative estimate of drug-likeness (QED) is 0.628. The van der Waals surface area contributed by atoms with Crippen LogP contribution < -0.4 is 5.32 Å². The molecule has 1 saturated carbocycles. The first-order chi connectivity index (χ1) is 14.2. The second-order valence-corrected chi connectivity index (χ2v) is 10.1. The van der Waals surface area contributed by atoms with Crippen LogP contribution in [0.2, 0.25) is 5.02 Å². The number of carbonyl (C=O) groups is 1. The summed E-state index contributed by atoms with van der Waals surface area (Å²) in [5, 5.41) is 2.97. The Morgan fingerprint density at radius 1 is 1.20 bits per heavy atom. The van der Waals surface area contributed by atoms with Crippen molar-refractivity contribution in [1.29, 1.82) is 0 Å². The molecule has 0 aliphatic heterocycles. The summed E-state index contributed by atoms with van der Waals surface area (Å²) in [7, 11) is -0.759. The molecule has 162 valence electrons. The fraction of sp³-hybridized carbons (Fsp3) is 0.381. The van der Waals surface area contributed by atoms with Crippen molar-refractivity contribution in [3.8, 4) is 0 Å². The molecule has 3 rings (SSSR count). The van der Waals surface area contributed by atoms with E-state index in [1.54, 1.807) is 6.07 Å². The van der Waals surface area contributed by atoms with Crippen LogP contribution in [-0.2, 0) is 21.4 Å². The van der Waals surface area contributed by atoms with Crippen molar-refractivity contribution in [1.82, 2.24) is 9.21 Å². The first-order valence-corrected chi connectivity index (χ1v) is 11.5. The molecule has 0 bridgehead atoms. The summed E-state index contributed by atoms with van der Waals surface area (Å²) in [6, 6.07) is 11.1. The van der Waals surface area contributed by atoms with Crippen LogP contribution in [0.4, 0.5) is 10.1 Å². The van der Waals surface area contributed by atoms with Gasteiger partial charge >= 0.3 is 0 Å². The lowest BCUT2D eigenvalue weighted by Crippen LogP contribution is -2.29. The summed E-state index contributed by atoms with van der Waals surface area (Å²) < 4.78 is 39.2. The van der Waals surface area contributed by atoms with Gasteiger partial charge in [0.05, 0.1) is 15.6 Å². The summed E-state index contributed by atoms with van der Waals surface area (Å²) in [6.45, 7) is 1.09. The van der Waals surface area contributed by atoms with Gasteiger partial charge in [-0.3, -0.25) is 9.69 Å². The second kappa shape index (κ2) is 9.43. The van der Waals surface area contributed by atoms with Crippen LogP contribution in [0.15, 0.2) is 47.4 Å². The Morgan fingerprint density at radius 2 is 1.93 bits per heavy atom. The van der Waals surface area contributed by atoms with E-state index in [4.69, 9.17) is 11.6 Å². The van der Waals surface area contributed by atoms with E-state index in [1.165, 1.54) is 44.4 Å². The van der Waals surface area contributed by atoms with E-state index in [1.807, 2.05) is 6.07 Å². The molecule has 0 atom stereocenters. The molecular weight excluding hydrogens is 429 g/mol. The van der Waals surface area contributed by atoms with Crippen molar-refractivity contribution < 1.29 is 17.6 Å². The summed E-state index contributed by atoms with van der Waals surface area (Å²) >= 11 is 6.15. The molecular formula is C21H25ClFN3O3S. The third kappa shape index (κ3) is 5.78. The zero-order valence-corrected chi connectivity index (χ0v) is 18.5. The van der Waals surface area contributed by atoms with E-state index in [9.17, 15) is 17.6 Å². The summed E-state index contributed by atoms with van der Waals surface area (Å²) in [4.78, 5) is 14.7. The van der Waals surface area contributed by atoms with E-state index in [0.29, 0.717) is 19.1 Å². The number of halogens is 2. The predicted molar refractivity (Wildman–Crippen MR) is 115 cm³/mol. The van der Waals surface area contributed by atoms with Crippen molar-refractivity contribution in [2.24, 2.45) is 0 Å². The highest BCUT2D eigenvalue weighted by Crippen LogP contribution is 2.29. The van der Waals surface area contributed by atoms with Crippen LogP contribution in [0.25, 0.3) is 0 Å². The van der Waals surface area contributed by atoms with E-state index in [0.717, 1.165) is 22.7 Å². The number of anilines is 1. The zero-order chi connectivity index (χ0) is 21.9. The topological polar surface area (TPSA) is 69.7 Å². The molecule has 0 heterocycles. The molecule has 6 nitrogen and oxygen atoms in total. The molecule has 0 spiro atoms. The second-order valence-electron chi connectivity index (χ2n) is 7.56. The maximum atomic E-state index is 13.5. The van der Waals surface area contributed by atoms with Gasteiger partial charge in [-0.25, -0.2) is 17.1 Å². The fourth-order valence-electron chi connectivity index (χ4n) is 3.13. The Bertz CT molecular complexity index is 1030.